The van der Waals surface area contributed by atoms with E-state index in [1.165, 1.54) is 12.1 Å². The predicted octanol–water partition coefficient (Wildman–Crippen LogP) is 4.55. The van der Waals surface area contributed by atoms with Gasteiger partial charge in [-0.2, -0.15) is 0 Å². The number of benzene rings is 1. The molecule has 0 aliphatic carbocycles. The molecule has 0 aliphatic rings. The van der Waals surface area contributed by atoms with E-state index in [1.54, 1.807) is 0 Å². The molecular formula is C14H20F2O2. The van der Waals surface area contributed by atoms with Gasteiger partial charge in [0.15, 0.2) is 11.5 Å². The molecule has 0 fully saturated rings. The zero-order valence-electron chi connectivity index (χ0n) is 10.6. The molecule has 0 radical (unpaired) electrons. The first kappa shape index (κ1) is 14.7. The molecule has 2 nitrogen and oxygen atoms in total. The third-order valence-corrected chi connectivity index (χ3v) is 3.00. The molecule has 102 valence electrons. The Morgan fingerprint density at radius 3 is 2.39 bits per heavy atom. The van der Waals surface area contributed by atoms with E-state index in [9.17, 15) is 19.0 Å². The van der Waals surface area contributed by atoms with Gasteiger partial charge in [-0.05, 0) is 18.6 Å². The molecule has 0 heterocycles. The zero-order chi connectivity index (χ0) is 13.6. The molecule has 0 spiro atoms. The lowest BCUT2D eigenvalue weighted by Crippen LogP contribution is -2.13. The summed E-state index contributed by atoms with van der Waals surface area (Å²) in [6.07, 6.45) is 3.98. The number of aromatic hydroxyl groups is 2. The first-order chi connectivity index (χ1) is 8.49. The number of rotatable bonds is 7. The van der Waals surface area contributed by atoms with Crippen LogP contribution in [0, 0.1) is 0 Å². The number of hydrogen-bond donors (Lipinski definition) is 2. The second-order valence-electron chi connectivity index (χ2n) is 4.54. The van der Waals surface area contributed by atoms with Crippen molar-refractivity contribution >= 4 is 0 Å². The van der Waals surface area contributed by atoms with Gasteiger partial charge in [0.25, 0.3) is 5.92 Å². The molecule has 18 heavy (non-hydrogen) atoms. The molecule has 4 heteroatoms. The minimum absolute atomic E-state index is 0.298. The number of phenolic OH excluding ortho intramolecular Hbond substituents is 2. The van der Waals surface area contributed by atoms with Crippen molar-refractivity contribution in [1.29, 1.82) is 0 Å². The summed E-state index contributed by atoms with van der Waals surface area (Å²) in [6.45, 7) is 2.07. The van der Waals surface area contributed by atoms with Gasteiger partial charge in [0.1, 0.15) is 0 Å². The van der Waals surface area contributed by atoms with Gasteiger partial charge >= 0.3 is 0 Å². The Hall–Kier alpha value is -1.32. The molecule has 1 aromatic carbocycles. The molecule has 2 N–H and O–H groups in total. The van der Waals surface area contributed by atoms with Gasteiger partial charge in [-0.25, -0.2) is 8.78 Å². The molecule has 0 saturated heterocycles. The zero-order valence-corrected chi connectivity index (χ0v) is 10.6. The molecule has 0 aromatic heterocycles. The Morgan fingerprint density at radius 2 is 1.72 bits per heavy atom. The van der Waals surface area contributed by atoms with Gasteiger partial charge in [-0.15, -0.1) is 0 Å². The lowest BCUT2D eigenvalue weighted by atomic mass is 10.00. The predicted molar refractivity (Wildman–Crippen MR) is 67.0 cm³/mol. The van der Waals surface area contributed by atoms with Gasteiger partial charge in [0, 0.05) is 6.42 Å². The maximum Gasteiger partial charge on any atom is 0.276 e. The summed E-state index contributed by atoms with van der Waals surface area (Å²) in [5, 5.41) is 18.7. The topological polar surface area (TPSA) is 40.5 Å². The number of phenols is 2. The number of halogens is 2. The van der Waals surface area contributed by atoms with Crippen molar-refractivity contribution < 1.29 is 19.0 Å². The highest BCUT2D eigenvalue weighted by Gasteiger charge is 2.34. The number of para-hydroxylation sites is 1. The van der Waals surface area contributed by atoms with Crippen molar-refractivity contribution in [3.8, 4) is 11.5 Å². The van der Waals surface area contributed by atoms with Gasteiger partial charge in [-0.3, -0.25) is 0 Å². The average molecular weight is 258 g/mol. The van der Waals surface area contributed by atoms with Crippen LogP contribution in [-0.2, 0) is 5.92 Å². The van der Waals surface area contributed by atoms with Crippen LogP contribution in [0.25, 0.3) is 0 Å². The van der Waals surface area contributed by atoms with Crippen LogP contribution in [0.5, 0.6) is 11.5 Å². The van der Waals surface area contributed by atoms with E-state index in [1.807, 2.05) is 0 Å². The van der Waals surface area contributed by atoms with E-state index in [4.69, 9.17) is 0 Å². The Morgan fingerprint density at radius 1 is 1.06 bits per heavy atom. The molecule has 0 bridgehead atoms. The van der Waals surface area contributed by atoms with E-state index >= 15 is 0 Å². The summed E-state index contributed by atoms with van der Waals surface area (Å²) < 4.78 is 27.7. The summed E-state index contributed by atoms with van der Waals surface area (Å²) >= 11 is 0. The molecule has 1 rings (SSSR count). The third kappa shape index (κ3) is 3.86. The first-order valence-corrected chi connectivity index (χ1v) is 6.38. The fourth-order valence-corrected chi connectivity index (χ4v) is 1.91. The molecule has 0 amide bonds. The fraction of sp³-hybridized carbons (Fsp3) is 0.571. The average Bonchev–Trinajstić information content (AvgIpc) is 2.32. The number of hydrogen-bond acceptors (Lipinski definition) is 2. The monoisotopic (exact) mass is 258 g/mol. The summed E-state index contributed by atoms with van der Waals surface area (Å²) in [5.41, 5.74) is -0.488. The lowest BCUT2D eigenvalue weighted by Gasteiger charge is -2.18. The highest BCUT2D eigenvalue weighted by Crippen LogP contribution is 2.42. The van der Waals surface area contributed by atoms with Crippen LogP contribution in [0.4, 0.5) is 8.78 Å². The normalized spacial score (nSPS) is 11.7. The third-order valence-electron chi connectivity index (χ3n) is 3.00. The van der Waals surface area contributed by atoms with E-state index in [-0.39, 0.29) is 6.42 Å². The lowest BCUT2D eigenvalue weighted by molar-refractivity contribution is -0.0180. The van der Waals surface area contributed by atoms with Crippen LogP contribution < -0.4 is 0 Å². The summed E-state index contributed by atoms with van der Waals surface area (Å²) in [4.78, 5) is 0. The highest BCUT2D eigenvalue weighted by molar-refractivity contribution is 5.46. The summed E-state index contributed by atoms with van der Waals surface area (Å²) in [5.74, 6) is -4.30. The van der Waals surface area contributed by atoms with Crippen molar-refractivity contribution in [1.82, 2.24) is 0 Å². The van der Waals surface area contributed by atoms with Crippen molar-refractivity contribution in [2.75, 3.05) is 0 Å². The Balaban J connectivity index is 2.59. The van der Waals surface area contributed by atoms with E-state index in [0.29, 0.717) is 6.42 Å². The molecule has 1 aromatic rings. The number of unbranched alkanes of at least 4 members (excludes halogenated alkanes) is 4. The molecule has 0 aliphatic heterocycles. The Kier molecular flexibility index (Phi) is 5.38. The Bertz CT molecular complexity index is 378. The van der Waals surface area contributed by atoms with Crippen molar-refractivity contribution in [2.24, 2.45) is 0 Å². The first-order valence-electron chi connectivity index (χ1n) is 6.38. The van der Waals surface area contributed by atoms with Crippen LogP contribution in [0.2, 0.25) is 0 Å². The van der Waals surface area contributed by atoms with Crippen LogP contribution in [0.3, 0.4) is 0 Å². The van der Waals surface area contributed by atoms with E-state index < -0.39 is 23.0 Å². The second-order valence-corrected chi connectivity index (χ2v) is 4.54. The van der Waals surface area contributed by atoms with Crippen LogP contribution >= 0.6 is 0 Å². The second kappa shape index (κ2) is 6.57. The van der Waals surface area contributed by atoms with Gasteiger partial charge in [-0.1, -0.05) is 38.7 Å². The standard InChI is InChI=1S/C14H20F2O2/c1-2-3-4-5-6-10-14(15,16)11-8-7-9-12(17)13(11)18/h7-9,17-18H,2-6,10H2,1H3. The SMILES string of the molecule is CCCCCCCC(F)(F)c1cccc(O)c1O. The maximum absolute atomic E-state index is 13.8. The molecule has 0 unspecified atom stereocenters. The smallest absolute Gasteiger partial charge is 0.276 e. The van der Waals surface area contributed by atoms with Gasteiger partial charge in [0.2, 0.25) is 0 Å². The van der Waals surface area contributed by atoms with Gasteiger partial charge in [0.05, 0.1) is 5.56 Å². The molecule has 0 atom stereocenters. The van der Waals surface area contributed by atoms with E-state index in [0.717, 1.165) is 31.7 Å². The minimum Gasteiger partial charge on any atom is -0.504 e. The summed E-state index contributed by atoms with van der Waals surface area (Å²) in [7, 11) is 0. The van der Waals surface area contributed by atoms with Crippen LogP contribution in [-0.4, -0.2) is 10.2 Å². The van der Waals surface area contributed by atoms with E-state index in [2.05, 4.69) is 6.92 Å². The molecular weight excluding hydrogens is 238 g/mol. The largest absolute Gasteiger partial charge is 0.504 e. The minimum atomic E-state index is -3.09. The van der Waals surface area contributed by atoms with Crippen molar-refractivity contribution in [3.63, 3.8) is 0 Å². The Labute approximate surface area is 106 Å². The highest BCUT2D eigenvalue weighted by atomic mass is 19.3. The van der Waals surface area contributed by atoms with Crippen molar-refractivity contribution in [2.45, 2.75) is 51.4 Å². The summed E-state index contributed by atoms with van der Waals surface area (Å²) in [6, 6.07) is 3.66. The van der Waals surface area contributed by atoms with Gasteiger partial charge < -0.3 is 10.2 Å². The number of alkyl halides is 2. The quantitative estimate of drug-likeness (QED) is 0.556. The van der Waals surface area contributed by atoms with Crippen LogP contribution in [0.1, 0.15) is 51.0 Å². The van der Waals surface area contributed by atoms with Crippen LogP contribution in [0.15, 0.2) is 18.2 Å². The fourth-order valence-electron chi connectivity index (χ4n) is 1.91. The maximum atomic E-state index is 13.8. The van der Waals surface area contributed by atoms with Crippen molar-refractivity contribution in [3.05, 3.63) is 23.8 Å². The molecule has 0 saturated carbocycles.